The molecule has 3 aromatic heterocycles. The summed E-state index contributed by atoms with van der Waals surface area (Å²) in [6, 6.07) is 17.0. The minimum atomic E-state index is 0. The molecule has 0 unspecified atom stereocenters. The third kappa shape index (κ3) is 2.96. The number of aryl methyl sites for hydroxylation is 2. The van der Waals surface area contributed by atoms with E-state index >= 15 is 0 Å². The molecule has 0 aliphatic carbocycles. The van der Waals surface area contributed by atoms with Gasteiger partial charge in [0, 0.05) is 58.4 Å². The summed E-state index contributed by atoms with van der Waals surface area (Å²) in [6.07, 6.45) is 10.1. The van der Waals surface area contributed by atoms with Gasteiger partial charge >= 0.3 is 0 Å². The molecule has 3 heterocycles. The minimum absolute atomic E-state index is 0. The first kappa shape index (κ1) is 18.5. The van der Waals surface area contributed by atoms with E-state index in [9.17, 15) is 0 Å². The zero-order valence-electron chi connectivity index (χ0n) is 15.1. The number of aromatic nitrogens is 3. The average molecular weight is 443 g/mol. The van der Waals surface area contributed by atoms with Gasteiger partial charge in [-0.05, 0) is 18.6 Å². The van der Waals surface area contributed by atoms with Gasteiger partial charge in [-0.25, -0.2) is 0 Å². The number of hydrogen-bond acceptors (Lipinski definition) is 2. The minimum Gasteiger partial charge on any atom is -0.404 e. The van der Waals surface area contributed by atoms with E-state index in [0.29, 0.717) is 0 Å². The molecule has 0 fully saturated rings. The Morgan fingerprint density at radius 2 is 1.89 bits per heavy atom. The second kappa shape index (κ2) is 7.27. The molecule has 0 atom stereocenters. The SMILES string of the molecule is Cc1ccc2c(sc3ccccc32)c1-c1n(C)c[c-][n+]1-c1[c-]nccc1.[Y]. The molecule has 0 aliphatic heterocycles. The third-order valence-electron chi connectivity index (χ3n) is 4.74. The van der Waals surface area contributed by atoms with Crippen molar-refractivity contribution in [3.8, 4) is 17.1 Å². The monoisotopic (exact) mass is 443 g/mol. The van der Waals surface area contributed by atoms with Crippen molar-refractivity contribution in [3.05, 3.63) is 78.9 Å². The van der Waals surface area contributed by atoms with Gasteiger partial charge in [0.25, 0.3) is 0 Å². The standard InChI is InChI=1S/C22H16N3S.Y/c1-15-9-10-18-17-7-3-4-8-19(17)26-21(18)20(15)22-24(2)12-13-25(22)16-6-5-11-23-14-16;/h3-12H,1-2H3;/q-1;. The van der Waals surface area contributed by atoms with Crippen LogP contribution in [0, 0.1) is 19.3 Å². The predicted octanol–water partition coefficient (Wildman–Crippen LogP) is 4.64. The van der Waals surface area contributed by atoms with Crippen LogP contribution in [-0.2, 0) is 39.8 Å². The molecule has 3 nitrogen and oxygen atoms in total. The molecule has 0 bridgehead atoms. The number of pyridine rings is 1. The van der Waals surface area contributed by atoms with Gasteiger partial charge in [-0.1, -0.05) is 42.2 Å². The van der Waals surface area contributed by atoms with Gasteiger partial charge in [0.1, 0.15) is 0 Å². The fraction of sp³-hybridized carbons (Fsp3) is 0.0909. The number of thiophene rings is 1. The molecule has 0 aliphatic rings. The second-order valence-corrected chi connectivity index (χ2v) is 7.45. The molecule has 5 heteroatoms. The maximum atomic E-state index is 4.15. The summed E-state index contributed by atoms with van der Waals surface area (Å²) in [4.78, 5) is 4.15. The van der Waals surface area contributed by atoms with Gasteiger partial charge in [0.15, 0.2) is 5.82 Å². The first-order chi connectivity index (χ1) is 12.7. The fourth-order valence-electron chi connectivity index (χ4n) is 3.50. The molecule has 2 aromatic carbocycles. The van der Waals surface area contributed by atoms with Crippen LogP contribution in [0.2, 0.25) is 0 Å². The van der Waals surface area contributed by atoms with E-state index in [2.05, 4.69) is 72.3 Å². The van der Waals surface area contributed by atoms with Crippen molar-refractivity contribution in [2.75, 3.05) is 0 Å². The normalized spacial score (nSPS) is 11.0. The van der Waals surface area contributed by atoms with Crippen molar-refractivity contribution in [3.63, 3.8) is 0 Å². The van der Waals surface area contributed by atoms with E-state index < -0.39 is 0 Å². The molecule has 0 saturated heterocycles. The van der Waals surface area contributed by atoms with Crippen molar-refractivity contribution in [2.24, 2.45) is 7.05 Å². The zero-order valence-corrected chi connectivity index (χ0v) is 18.8. The van der Waals surface area contributed by atoms with Gasteiger partial charge in [-0.2, -0.15) is 12.1 Å². The topological polar surface area (TPSA) is 21.7 Å². The Balaban J connectivity index is 0.00000180. The molecular weight excluding hydrogens is 427 g/mol. The van der Waals surface area contributed by atoms with Crippen molar-refractivity contribution in [1.29, 1.82) is 0 Å². The summed E-state index contributed by atoms with van der Waals surface area (Å²) < 4.78 is 6.78. The summed E-state index contributed by atoms with van der Waals surface area (Å²) in [5.74, 6) is 1.09. The third-order valence-corrected chi connectivity index (χ3v) is 5.94. The number of imidazole rings is 1. The Bertz CT molecular complexity index is 1260. The summed E-state index contributed by atoms with van der Waals surface area (Å²) >= 11 is 1.85. The Morgan fingerprint density at radius 1 is 1.04 bits per heavy atom. The van der Waals surface area contributed by atoms with Crippen LogP contribution in [0.15, 0.2) is 60.9 Å². The van der Waals surface area contributed by atoms with Crippen molar-refractivity contribution >= 4 is 31.5 Å². The van der Waals surface area contributed by atoms with Crippen LogP contribution in [0.3, 0.4) is 0 Å². The molecule has 1 radical (unpaired) electrons. The predicted molar refractivity (Wildman–Crippen MR) is 105 cm³/mol. The zero-order chi connectivity index (χ0) is 17.7. The van der Waals surface area contributed by atoms with Gasteiger partial charge in [0.05, 0.1) is 19.4 Å². The fourth-order valence-corrected chi connectivity index (χ4v) is 4.80. The van der Waals surface area contributed by atoms with Crippen LogP contribution >= 0.6 is 11.3 Å². The van der Waals surface area contributed by atoms with Crippen LogP contribution in [0.4, 0.5) is 0 Å². The summed E-state index contributed by atoms with van der Waals surface area (Å²) in [7, 11) is 2.06. The Morgan fingerprint density at radius 3 is 2.70 bits per heavy atom. The number of fused-ring (bicyclic) bond motifs is 3. The summed E-state index contributed by atoms with van der Waals surface area (Å²) in [6.45, 7) is 2.17. The quantitative estimate of drug-likeness (QED) is 0.288. The first-order valence-corrected chi connectivity index (χ1v) is 9.29. The largest absolute Gasteiger partial charge is 0.404 e. The molecule has 129 valence electrons. The summed E-state index contributed by atoms with van der Waals surface area (Å²) in [5, 5.41) is 2.61. The number of benzene rings is 2. The first-order valence-electron chi connectivity index (χ1n) is 8.47. The Hall–Kier alpha value is -1.88. The van der Waals surface area contributed by atoms with Crippen molar-refractivity contribution < 1.29 is 37.3 Å². The molecule has 0 N–H and O–H groups in total. The van der Waals surface area contributed by atoms with Crippen LogP contribution in [0.5, 0.6) is 0 Å². The molecule has 0 saturated carbocycles. The molecule has 5 aromatic rings. The summed E-state index contributed by atoms with van der Waals surface area (Å²) in [5.41, 5.74) is 3.38. The van der Waals surface area contributed by atoms with Crippen LogP contribution in [-0.4, -0.2) is 9.55 Å². The maximum Gasteiger partial charge on any atom is 0.185 e. The molecule has 0 spiro atoms. The van der Waals surface area contributed by atoms with E-state index in [1.165, 1.54) is 31.3 Å². The van der Waals surface area contributed by atoms with Crippen LogP contribution in [0.25, 0.3) is 37.2 Å². The smallest absolute Gasteiger partial charge is 0.185 e. The van der Waals surface area contributed by atoms with Crippen molar-refractivity contribution in [1.82, 2.24) is 9.55 Å². The van der Waals surface area contributed by atoms with Gasteiger partial charge in [-0.3, -0.25) is 4.57 Å². The van der Waals surface area contributed by atoms with Gasteiger partial charge < -0.3 is 9.55 Å². The molecule has 5 rings (SSSR count). The van der Waals surface area contributed by atoms with E-state index in [1.54, 1.807) is 6.20 Å². The van der Waals surface area contributed by atoms with Gasteiger partial charge in [-0.15, -0.1) is 17.5 Å². The van der Waals surface area contributed by atoms with E-state index in [0.717, 1.165) is 11.5 Å². The molecule has 27 heavy (non-hydrogen) atoms. The Kier molecular flexibility index (Phi) is 4.98. The number of hydrogen-bond donors (Lipinski definition) is 0. The van der Waals surface area contributed by atoms with Crippen LogP contribution in [0.1, 0.15) is 5.56 Å². The second-order valence-electron chi connectivity index (χ2n) is 6.39. The van der Waals surface area contributed by atoms with Crippen molar-refractivity contribution in [2.45, 2.75) is 6.92 Å². The van der Waals surface area contributed by atoms with E-state index in [1.807, 2.05) is 34.2 Å². The number of rotatable bonds is 2. The van der Waals surface area contributed by atoms with Gasteiger partial charge in [0.2, 0.25) is 0 Å². The Labute approximate surface area is 187 Å². The van der Waals surface area contributed by atoms with E-state index in [-0.39, 0.29) is 32.7 Å². The maximum absolute atomic E-state index is 4.15. The van der Waals surface area contributed by atoms with E-state index in [4.69, 9.17) is 0 Å². The van der Waals surface area contributed by atoms with Crippen LogP contribution < -0.4 is 4.57 Å². The molecular formula is C22H16N3SY-. The number of nitrogens with zero attached hydrogens (tertiary/aromatic N) is 3. The molecule has 0 amide bonds. The average Bonchev–Trinajstić information content (AvgIpc) is 3.23.